The van der Waals surface area contributed by atoms with E-state index in [1.807, 2.05) is 6.92 Å². The summed E-state index contributed by atoms with van der Waals surface area (Å²) in [6.45, 7) is 2.68. The van der Waals surface area contributed by atoms with E-state index < -0.39 is 5.97 Å². The summed E-state index contributed by atoms with van der Waals surface area (Å²) in [7, 11) is 0. The Morgan fingerprint density at radius 1 is 1.04 bits per heavy atom. The molecule has 26 heavy (non-hydrogen) atoms. The van der Waals surface area contributed by atoms with E-state index in [2.05, 4.69) is 6.07 Å². The maximum Gasteiger partial charge on any atom is 0.306 e. The van der Waals surface area contributed by atoms with Gasteiger partial charge >= 0.3 is 5.97 Å². The van der Waals surface area contributed by atoms with Crippen LogP contribution in [0.1, 0.15) is 47.7 Å². The fourth-order valence-electron chi connectivity index (χ4n) is 2.30. The van der Waals surface area contributed by atoms with Crippen molar-refractivity contribution in [2.75, 3.05) is 6.61 Å². The molecule has 0 heterocycles. The molecule has 0 bridgehead atoms. The number of nitrogens with zero attached hydrogens (tertiary/aromatic N) is 1. The molecule has 2 rings (SSSR count). The van der Waals surface area contributed by atoms with Crippen molar-refractivity contribution in [2.24, 2.45) is 0 Å². The first-order valence-corrected chi connectivity index (χ1v) is 8.53. The zero-order valence-electron chi connectivity index (χ0n) is 14.7. The van der Waals surface area contributed by atoms with E-state index in [-0.39, 0.29) is 25.2 Å². The number of benzene rings is 2. The number of carbonyl (C=O) groups is 2. The van der Waals surface area contributed by atoms with Gasteiger partial charge in [-0.05, 0) is 36.8 Å². The first-order valence-electron chi connectivity index (χ1n) is 8.53. The van der Waals surface area contributed by atoms with Gasteiger partial charge < -0.3 is 9.47 Å². The summed E-state index contributed by atoms with van der Waals surface area (Å²) in [4.78, 5) is 24.0. The van der Waals surface area contributed by atoms with Crippen LogP contribution in [-0.4, -0.2) is 18.4 Å². The summed E-state index contributed by atoms with van der Waals surface area (Å²) in [5, 5.41) is 9.01. The monoisotopic (exact) mass is 351 g/mol. The van der Waals surface area contributed by atoms with Crippen LogP contribution in [0.3, 0.4) is 0 Å². The first kappa shape index (κ1) is 19.2. The van der Waals surface area contributed by atoms with E-state index in [1.165, 1.54) is 0 Å². The summed E-state index contributed by atoms with van der Waals surface area (Å²) in [6.07, 6.45) is 0.997. The molecule has 134 valence electrons. The van der Waals surface area contributed by atoms with Crippen LogP contribution in [0.4, 0.5) is 0 Å². The number of Topliss-reactive ketones (excluding diaryl/α,β-unsaturated/α-hetero) is 1. The highest BCUT2D eigenvalue weighted by atomic mass is 16.5. The molecule has 0 atom stereocenters. The second-order valence-corrected chi connectivity index (χ2v) is 5.73. The summed E-state index contributed by atoms with van der Waals surface area (Å²) < 4.78 is 10.6. The van der Waals surface area contributed by atoms with Crippen molar-refractivity contribution in [2.45, 2.75) is 32.8 Å². The molecule has 0 aliphatic rings. The molecule has 2 aromatic rings. The van der Waals surface area contributed by atoms with Crippen molar-refractivity contribution in [1.82, 2.24) is 0 Å². The maximum atomic E-state index is 12.2. The largest absolute Gasteiger partial charge is 0.494 e. The van der Waals surface area contributed by atoms with Crippen LogP contribution in [0.5, 0.6) is 5.75 Å². The highest BCUT2D eigenvalue weighted by Crippen LogP contribution is 2.15. The molecule has 0 unspecified atom stereocenters. The Balaban J connectivity index is 1.79. The Morgan fingerprint density at radius 2 is 1.77 bits per heavy atom. The minimum absolute atomic E-state index is 0.00163. The molecule has 0 aliphatic heterocycles. The number of rotatable bonds is 9. The van der Waals surface area contributed by atoms with Crippen LogP contribution in [0.15, 0.2) is 48.5 Å². The lowest BCUT2D eigenvalue weighted by atomic mass is 10.1. The molecular formula is C21H21NO4. The van der Waals surface area contributed by atoms with Crippen molar-refractivity contribution in [3.05, 3.63) is 65.2 Å². The average Bonchev–Trinajstić information content (AvgIpc) is 2.69. The van der Waals surface area contributed by atoms with Crippen LogP contribution in [0.25, 0.3) is 0 Å². The van der Waals surface area contributed by atoms with E-state index in [9.17, 15) is 9.59 Å². The van der Waals surface area contributed by atoms with Crippen LogP contribution >= 0.6 is 0 Å². The second-order valence-electron chi connectivity index (χ2n) is 5.73. The number of hydrogen-bond donors (Lipinski definition) is 0. The van der Waals surface area contributed by atoms with Crippen molar-refractivity contribution >= 4 is 11.8 Å². The number of ketones is 1. The van der Waals surface area contributed by atoms with Crippen molar-refractivity contribution < 1.29 is 19.1 Å². The number of hydrogen-bond acceptors (Lipinski definition) is 5. The van der Waals surface area contributed by atoms with E-state index in [4.69, 9.17) is 14.7 Å². The topological polar surface area (TPSA) is 76.4 Å². The third-order valence-corrected chi connectivity index (χ3v) is 3.73. The van der Waals surface area contributed by atoms with Gasteiger partial charge in [0.25, 0.3) is 0 Å². The molecule has 0 amide bonds. The van der Waals surface area contributed by atoms with E-state index in [0.717, 1.165) is 12.2 Å². The number of nitriles is 1. The van der Waals surface area contributed by atoms with Gasteiger partial charge in [-0.1, -0.05) is 25.1 Å². The highest BCUT2D eigenvalue weighted by Gasteiger charge is 2.11. The maximum absolute atomic E-state index is 12.2. The Kier molecular flexibility index (Phi) is 7.38. The Labute approximate surface area is 153 Å². The van der Waals surface area contributed by atoms with Gasteiger partial charge in [-0.3, -0.25) is 9.59 Å². The summed E-state index contributed by atoms with van der Waals surface area (Å²) in [6, 6.07) is 15.9. The first-order chi connectivity index (χ1) is 12.6. The number of carbonyl (C=O) groups excluding carboxylic acids is 2. The standard InChI is InChI=1S/C21H21NO4/c1-2-13-25-19-9-7-16(8-10-19)20(23)11-12-21(24)26-15-18-6-4-3-5-17(18)14-22/h3-10H,2,11-13,15H2,1H3. The minimum Gasteiger partial charge on any atom is -0.494 e. The fourth-order valence-corrected chi connectivity index (χ4v) is 2.30. The molecule has 0 saturated heterocycles. The third kappa shape index (κ3) is 5.75. The lowest BCUT2D eigenvalue weighted by molar-refractivity contribution is -0.144. The Bertz CT molecular complexity index is 790. The molecule has 0 aromatic heterocycles. The van der Waals surface area contributed by atoms with E-state index in [0.29, 0.717) is 23.3 Å². The number of ether oxygens (including phenoxy) is 2. The Morgan fingerprint density at radius 3 is 2.46 bits per heavy atom. The fraction of sp³-hybridized carbons (Fsp3) is 0.286. The normalized spacial score (nSPS) is 10.0. The van der Waals surface area contributed by atoms with Crippen molar-refractivity contribution in [3.8, 4) is 11.8 Å². The molecule has 0 aliphatic carbocycles. The summed E-state index contributed by atoms with van der Waals surface area (Å²) >= 11 is 0. The predicted molar refractivity (Wildman–Crippen MR) is 96.7 cm³/mol. The molecule has 5 nitrogen and oxygen atoms in total. The SMILES string of the molecule is CCCOc1ccc(C(=O)CCC(=O)OCc2ccccc2C#N)cc1. The van der Waals surface area contributed by atoms with Crippen molar-refractivity contribution in [3.63, 3.8) is 0 Å². The lowest BCUT2D eigenvalue weighted by Gasteiger charge is -2.07. The van der Waals surface area contributed by atoms with Crippen LogP contribution in [0, 0.1) is 11.3 Å². The van der Waals surface area contributed by atoms with E-state index >= 15 is 0 Å². The zero-order chi connectivity index (χ0) is 18.8. The summed E-state index contributed by atoms with van der Waals surface area (Å²) in [5.41, 5.74) is 1.66. The molecular weight excluding hydrogens is 330 g/mol. The molecule has 2 aromatic carbocycles. The minimum atomic E-state index is -0.464. The molecule has 0 N–H and O–H groups in total. The van der Waals surface area contributed by atoms with Gasteiger partial charge in [0.1, 0.15) is 12.4 Å². The lowest BCUT2D eigenvalue weighted by Crippen LogP contribution is -2.09. The van der Waals surface area contributed by atoms with Gasteiger partial charge in [-0.25, -0.2) is 0 Å². The summed E-state index contributed by atoms with van der Waals surface area (Å²) in [5.74, 6) is 0.134. The third-order valence-electron chi connectivity index (χ3n) is 3.73. The molecule has 0 radical (unpaired) electrons. The quantitative estimate of drug-likeness (QED) is 0.503. The van der Waals surface area contributed by atoms with Crippen LogP contribution in [0.2, 0.25) is 0 Å². The van der Waals surface area contributed by atoms with Gasteiger partial charge in [0.15, 0.2) is 5.78 Å². The zero-order valence-corrected chi connectivity index (χ0v) is 14.7. The predicted octanol–water partition coefficient (Wildman–Crippen LogP) is 4.05. The van der Waals surface area contributed by atoms with E-state index in [1.54, 1.807) is 48.5 Å². The highest BCUT2D eigenvalue weighted by molar-refractivity contribution is 5.97. The molecule has 0 saturated carbocycles. The molecule has 0 spiro atoms. The second kappa shape index (κ2) is 10.00. The van der Waals surface area contributed by atoms with Crippen LogP contribution in [-0.2, 0) is 16.1 Å². The van der Waals surface area contributed by atoms with Gasteiger partial charge in [-0.2, -0.15) is 5.26 Å². The Hall–Kier alpha value is -3.13. The van der Waals surface area contributed by atoms with Gasteiger partial charge in [0, 0.05) is 17.5 Å². The smallest absolute Gasteiger partial charge is 0.306 e. The van der Waals surface area contributed by atoms with Crippen LogP contribution < -0.4 is 4.74 Å². The van der Waals surface area contributed by atoms with Gasteiger partial charge in [-0.15, -0.1) is 0 Å². The average molecular weight is 351 g/mol. The van der Waals surface area contributed by atoms with Gasteiger partial charge in [0.05, 0.1) is 24.7 Å². The van der Waals surface area contributed by atoms with Crippen molar-refractivity contribution in [1.29, 1.82) is 5.26 Å². The molecule has 0 fully saturated rings. The van der Waals surface area contributed by atoms with Gasteiger partial charge in [0.2, 0.25) is 0 Å². The number of esters is 1. The molecule has 5 heteroatoms.